The fourth-order valence-electron chi connectivity index (χ4n) is 3.44. The van der Waals surface area contributed by atoms with Gasteiger partial charge in [-0.25, -0.2) is 16.8 Å². The van der Waals surface area contributed by atoms with Gasteiger partial charge in [0.1, 0.15) is 12.4 Å². The van der Waals surface area contributed by atoms with E-state index in [0.717, 1.165) is 29.0 Å². The van der Waals surface area contributed by atoms with Crippen molar-refractivity contribution in [3.05, 3.63) is 60.2 Å². The van der Waals surface area contributed by atoms with Crippen molar-refractivity contribution in [3.8, 4) is 5.75 Å². The summed E-state index contributed by atoms with van der Waals surface area (Å²) in [6.07, 6.45) is 2.82. The molecule has 1 amide bonds. The summed E-state index contributed by atoms with van der Waals surface area (Å²) in [7, 11) is -7.04. The number of amides is 1. The second kappa shape index (κ2) is 11.1. The summed E-state index contributed by atoms with van der Waals surface area (Å²) < 4.78 is 57.3. The summed E-state index contributed by atoms with van der Waals surface area (Å²) in [5.74, 6) is 0.0403. The van der Waals surface area contributed by atoms with E-state index in [2.05, 4.69) is 5.32 Å². The molecule has 9 nitrogen and oxygen atoms in total. The lowest BCUT2D eigenvalue weighted by molar-refractivity contribution is -0.121. The number of hydrogen-bond acceptors (Lipinski definition) is 6. The van der Waals surface area contributed by atoms with Crippen molar-refractivity contribution in [1.29, 1.82) is 0 Å². The van der Waals surface area contributed by atoms with Gasteiger partial charge in [-0.3, -0.25) is 4.79 Å². The van der Waals surface area contributed by atoms with Gasteiger partial charge in [-0.1, -0.05) is 30.3 Å². The quantitative estimate of drug-likeness (QED) is 0.472. The number of benzene rings is 2. The first-order valence-corrected chi connectivity index (χ1v) is 13.9. The second-order valence-electron chi connectivity index (χ2n) is 7.80. The van der Waals surface area contributed by atoms with E-state index in [0.29, 0.717) is 18.8 Å². The summed E-state index contributed by atoms with van der Waals surface area (Å²) >= 11 is 0. The molecule has 0 saturated carbocycles. The molecule has 33 heavy (non-hydrogen) atoms. The van der Waals surface area contributed by atoms with Gasteiger partial charge in [0.15, 0.2) is 0 Å². The first kappa shape index (κ1) is 25.2. The number of carbonyl (C=O) groups is 1. The predicted octanol–water partition coefficient (Wildman–Crippen LogP) is 1.43. The van der Waals surface area contributed by atoms with Gasteiger partial charge in [0.05, 0.1) is 24.2 Å². The van der Waals surface area contributed by atoms with E-state index in [4.69, 9.17) is 4.74 Å². The minimum atomic E-state index is -3.57. The molecule has 0 aromatic heterocycles. The molecule has 1 N–H and O–H groups in total. The molecule has 1 aliphatic rings. The third-order valence-electron chi connectivity index (χ3n) is 5.21. The summed E-state index contributed by atoms with van der Waals surface area (Å²) in [4.78, 5) is 12.5. The fraction of sp³-hybridized carbons (Fsp3) is 0.409. The highest BCUT2D eigenvalue weighted by molar-refractivity contribution is 7.89. The van der Waals surface area contributed by atoms with Crippen LogP contribution in [-0.2, 0) is 31.4 Å². The van der Waals surface area contributed by atoms with Crippen LogP contribution in [0.15, 0.2) is 59.5 Å². The topological polar surface area (TPSA) is 113 Å². The van der Waals surface area contributed by atoms with Crippen LogP contribution in [0.1, 0.15) is 18.4 Å². The molecule has 0 radical (unpaired) electrons. The van der Waals surface area contributed by atoms with Crippen molar-refractivity contribution >= 4 is 26.0 Å². The molecule has 0 atom stereocenters. The monoisotopic (exact) mass is 495 g/mol. The van der Waals surface area contributed by atoms with Crippen LogP contribution in [0, 0.1) is 0 Å². The van der Waals surface area contributed by atoms with Crippen molar-refractivity contribution in [2.75, 3.05) is 39.0 Å². The Labute approximate surface area is 195 Å². The zero-order chi connectivity index (χ0) is 23.9. The number of rotatable bonds is 11. The van der Waals surface area contributed by atoms with Crippen LogP contribution in [0.4, 0.5) is 0 Å². The highest BCUT2D eigenvalue weighted by Gasteiger charge is 2.27. The van der Waals surface area contributed by atoms with Crippen LogP contribution in [0.3, 0.4) is 0 Å². The molecule has 3 rings (SSSR count). The van der Waals surface area contributed by atoms with Crippen LogP contribution in [-0.4, -0.2) is 70.4 Å². The van der Waals surface area contributed by atoms with Crippen LogP contribution in [0.5, 0.6) is 5.75 Å². The highest BCUT2D eigenvalue weighted by Crippen LogP contribution is 2.22. The summed E-state index contributed by atoms with van der Waals surface area (Å²) in [6.45, 7) is 1.23. The Morgan fingerprint density at radius 3 is 2.24 bits per heavy atom. The molecule has 1 heterocycles. The third kappa shape index (κ3) is 7.26. The lowest BCUT2D eigenvalue weighted by Gasteiger charge is -2.19. The lowest BCUT2D eigenvalue weighted by Crippen LogP contribution is -2.40. The Hall–Kier alpha value is -2.47. The Kier molecular flexibility index (Phi) is 8.46. The van der Waals surface area contributed by atoms with Gasteiger partial charge in [0, 0.05) is 19.6 Å². The smallest absolute Gasteiger partial charge is 0.243 e. The van der Waals surface area contributed by atoms with Crippen LogP contribution < -0.4 is 10.1 Å². The minimum Gasteiger partial charge on any atom is -0.492 e. The molecule has 1 aliphatic heterocycles. The van der Waals surface area contributed by atoms with Crippen LogP contribution in [0.2, 0.25) is 0 Å². The molecular weight excluding hydrogens is 466 g/mol. The number of sulfonamides is 2. The average molecular weight is 496 g/mol. The molecule has 2 aromatic carbocycles. The van der Waals surface area contributed by atoms with Gasteiger partial charge in [-0.15, -0.1) is 0 Å². The summed E-state index contributed by atoms with van der Waals surface area (Å²) in [5, 5.41) is 2.64. The van der Waals surface area contributed by atoms with Gasteiger partial charge < -0.3 is 10.1 Å². The zero-order valence-electron chi connectivity index (χ0n) is 18.5. The lowest BCUT2D eigenvalue weighted by atomic mass is 10.2. The normalized spacial score (nSPS) is 15.0. The number of ether oxygens (including phenoxy) is 1. The average Bonchev–Trinajstić information content (AvgIpc) is 3.33. The number of hydrogen-bond donors (Lipinski definition) is 1. The Morgan fingerprint density at radius 2 is 1.64 bits per heavy atom. The van der Waals surface area contributed by atoms with Crippen molar-refractivity contribution in [1.82, 2.24) is 13.9 Å². The molecule has 1 fully saturated rings. The molecule has 0 aliphatic carbocycles. The Balaban J connectivity index is 1.45. The standard InChI is InChI=1S/C22H29N3O6S2/c1-32(27,28)25(17-19-7-3-2-4-8-19)18-22(26)23-13-16-31-20-9-11-21(12-10-20)33(29,30)24-14-5-6-15-24/h2-4,7-12H,5-6,13-18H2,1H3,(H,23,26). The first-order chi connectivity index (χ1) is 15.7. The molecule has 2 aromatic rings. The van der Waals surface area contributed by atoms with Crippen molar-refractivity contribution in [2.45, 2.75) is 24.3 Å². The molecule has 180 valence electrons. The SMILES string of the molecule is CS(=O)(=O)N(CC(=O)NCCOc1ccc(S(=O)(=O)N2CCCC2)cc1)Cc1ccccc1. The maximum atomic E-state index is 12.5. The Bertz CT molecular complexity index is 1130. The van der Waals surface area contributed by atoms with Gasteiger partial charge in [-0.05, 0) is 42.7 Å². The molecular formula is C22H29N3O6S2. The van der Waals surface area contributed by atoms with Crippen molar-refractivity contribution in [3.63, 3.8) is 0 Å². The van der Waals surface area contributed by atoms with Crippen LogP contribution >= 0.6 is 0 Å². The van der Waals surface area contributed by atoms with E-state index in [1.165, 1.54) is 16.4 Å². The van der Waals surface area contributed by atoms with Gasteiger partial charge in [0.2, 0.25) is 26.0 Å². The van der Waals surface area contributed by atoms with Gasteiger partial charge >= 0.3 is 0 Å². The predicted molar refractivity (Wildman–Crippen MR) is 125 cm³/mol. The molecule has 1 saturated heterocycles. The molecule has 0 unspecified atom stereocenters. The maximum absolute atomic E-state index is 12.5. The largest absolute Gasteiger partial charge is 0.492 e. The van der Waals surface area contributed by atoms with Crippen LogP contribution in [0.25, 0.3) is 0 Å². The van der Waals surface area contributed by atoms with Gasteiger partial charge in [0.25, 0.3) is 0 Å². The van der Waals surface area contributed by atoms with E-state index in [1.54, 1.807) is 24.3 Å². The Morgan fingerprint density at radius 1 is 1.00 bits per heavy atom. The number of nitrogens with zero attached hydrogens (tertiary/aromatic N) is 2. The zero-order valence-corrected chi connectivity index (χ0v) is 20.1. The van der Waals surface area contributed by atoms with E-state index in [9.17, 15) is 21.6 Å². The van der Waals surface area contributed by atoms with E-state index in [-0.39, 0.29) is 31.1 Å². The van der Waals surface area contributed by atoms with E-state index < -0.39 is 26.0 Å². The third-order valence-corrected chi connectivity index (χ3v) is 8.32. The first-order valence-electron chi connectivity index (χ1n) is 10.6. The highest BCUT2D eigenvalue weighted by atomic mass is 32.2. The molecule has 0 bridgehead atoms. The summed E-state index contributed by atoms with van der Waals surface area (Å²) in [6, 6.07) is 15.2. The van der Waals surface area contributed by atoms with Gasteiger partial charge in [-0.2, -0.15) is 8.61 Å². The van der Waals surface area contributed by atoms with E-state index >= 15 is 0 Å². The number of carbonyl (C=O) groups excluding carboxylic acids is 1. The van der Waals surface area contributed by atoms with Crippen molar-refractivity contribution in [2.24, 2.45) is 0 Å². The second-order valence-corrected chi connectivity index (χ2v) is 11.7. The molecule has 11 heteroatoms. The molecule has 0 spiro atoms. The fourth-order valence-corrected chi connectivity index (χ4v) is 5.69. The van der Waals surface area contributed by atoms with E-state index in [1.807, 2.05) is 18.2 Å². The minimum absolute atomic E-state index is 0.107. The number of nitrogens with one attached hydrogen (secondary N) is 1. The maximum Gasteiger partial charge on any atom is 0.243 e. The van der Waals surface area contributed by atoms with Crippen molar-refractivity contribution < 1.29 is 26.4 Å². The summed E-state index contributed by atoms with van der Waals surface area (Å²) in [5.41, 5.74) is 0.786.